The van der Waals surface area contributed by atoms with Gasteiger partial charge in [0.25, 0.3) is 0 Å². The number of carboxylic acids is 1. The van der Waals surface area contributed by atoms with Crippen LogP contribution in [0.15, 0.2) is 5.38 Å². The number of hydrogen-bond donors (Lipinski definition) is 3. The monoisotopic (exact) mass is 257 g/mol. The Balaban J connectivity index is 2.55. The lowest BCUT2D eigenvalue weighted by Gasteiger charge is -2.20. The van der Waals surface area contributed by atoms with E-state index in [0.717, 1.165) is 0 Å². The van der Waals surface area contributed by atoms with E-state index >= 15 is 0 Å². The van der Waals surface area contributed by atoms with Gasteiger partial charge in [0.2, 0.25) is 0 Å². The predicted octanol–water partition coefficient (Wildman–Crippen LogP) is 1.69. The topological polar surface area (TPSA) is 91.3 Å². The summed E-state index contributed by atoms with van der Waals surface area (Å²) in [6.07, 6.45) is -0.140. The maximum atomic E-state index is 11.5. The Bertz CT molecular complexity index is 423. The Hall–Kier alpha value is -1.63. The summed E-state index contributed by atoms with van der Waals surface area (Å²) in [5.74, 6) is -0.944. The van der Waals surface area contributed by atoms with Crippen LogP contribution < -0.4 is 10.6 Å². The molecule has 2 amide bonds. The van der Waals surface area contributed by atoms with Crippen molar-refractivity contribution in [3.63, 3.8) is 0 Å². The molecule has 7 heteroatoms. The van der Waals surface area contributed by atoms with E-state index in [9.17, 15) is 9.59 Å². The zero-order valence-corrected chi connectivity index (χ0v) is 10.7. The molecule has 0 saturated heterocycles. The molecule has 1 aromatic heterocycles. The molecule has 1 aromatic rings. The van der Waals surface area contributed by atoms with Crippen molar-refractivity contribution in [1.82, 2.24) is 10.3 Å². The zero-order valence-electron chi connectivity index (χ0n) is 9.90. The molecule has 0 aliphatic carbocycles. The van der Waals surface area contributed by atoms with Crippen LogP contribution in [0.4, 0.5) is 9.93 Å². The first-order valence-electron chi connectivity index (χ1n) is 5.01. The van der Waals surface area contributed by atoms with Crippen molar-refractivity contribution in [3.8, 4) is 0 Å². The van der Waals surface area contributed by atoms with Gasteiger partial charge in [-0.1, -0.05) is 0 Å². The maximum absolute atomic E-state index is 11.5. The summed E-state index contributed by atoms with van der Waals surface area (Å²) in [7, 11) is 0. The highest BCUT2D eigenvalue weighted by Gasteiger charge is 2.15. The molecule has 0 aromatic carbocycles. The largest absolute Gasteiger partial charge is 0.481 e. The van der Waals surface area contributed by atoms with Crippen LogP contribution in [0.25, 0.3) is 0 Å². The third-order valence-electron chi connectivity index (χ3n) is 1.59. The molecule has 0 saturated carbocycles. The Morgan fingerprint density at radius 2 is 2.12 bits per heavy atom. The van der Waals surface area contributed by atoms with E-state index < -0.39 is 5.97 Å². The lowest BCUT2D eigenvalue weighted by atomic mass is 10.1. The highest BCUT2D eigenvalue weighted by atomic mass is 32.1. The second kappa shape index (κ2) is 5.13. The van der Waals surface area contributed by atoms with Crippen molar-refractivity contribution in [3.05, 3.63) is 11.1 Å². The van der Waals surface area contributed by atoms with Crippen molar-refractivity contribution in [2.24, 2.45) is 0 Å². The SMILES string of the molecule is CC(C)(C)NC(=O)Nc1nc(CC(=O)O)cs1. The third-order valence-corrected chi connectivity index (χ3v) is 2.40. The number of carbonyl (C=O) groups is 2. The second-order valence-corrected chi connectivity index (χ2v) is 5.40. The van der Waals surface area contributed by atoms with Gasteiger partial charge in [-0.2, -0.15) is 0 Å². The first-order valence-corrected chi connectivity index (χ1v) is 5.89. The fourth-order valence-electron chi connectivity index (χ4n) is 1.07. The van der Waals surface area contributed by atoms with Crippen LogP contribution in [0.2, 0.25) is 0 Å². The minimum atomic E-state index is -0.944. The summed E-state index contributed by atoms with van der Waals surface area (Å²) >= 11 is 1.20. The van der Waals surface area contributed by atoms with Crippen LogP contribution in [0.5, 0.6) is 0 Å². The van der Waals surface area contributed by atoms with Crippen LogP contribution in [-0.4, -0.2) is 27.6 Å². The number of nitrogens with one attached hydrogen (secondary N) is 2. The fraction of sp³-hybridized carbons (Fsp3) is 0.500. The molecule has 0 bridgehead atoms. The normalized spacial score (nSPS) is 11.0. The molecule has 6 nitrogen and oxygen atoms in total. The highest BCUT2D eigenvalue weighted by molar-refractivity contribution is 7.13. The number of nitrogens with zero attached hydrogens (tertiary/aromatic N) is 1. The molecule has 0 atom stereocenters. The third kappa shape index (κ3) is 5.30. The zero-order chi connectivity index (χ0) is 13.1. The number of aliphatic carboxylic acids is 1. The van der Waals surface area contributed by atoms with E-state index in [-0.39, 0.29) is 18.0 Å². The van der Waals surface area contributed by atoms with E-state index in [0.29, 0.717) is 10.8 Å². The van der Waals surface area contributed by atoms with Crippen LogP contribution in [0, 0.1) is 0 Å². The van der Waals surface area contributed by atoms with Gasteiger partial charge in [-0.15, -0.1) is 11.3 Å². The molecule has 0 radical (unpaired) electrons. The molecule has 0 spiro atoms. The van der Waals surface area contributed by atoms with Gasteiger partial charge in [0.1, 0.15) is 0 Å². The Kier molecular flexibility index (Phi) is 4.06. The van der Waals surface area contributed by atoms with Crippen LogP contribution in [0.3, 0.4) is 0 Å². The van der Waals surface area contributed by atoms with Gasteiger partial charge in [0.15, 0.2) is 5.13 Å². The quantitative estimate of drug-likeness (QED) is 0.768. The van der Waals surface area contributed by atoms with Gasteiger partial charge in [-0.05, 0) is 20.8 Å². The van der Waals surface area contributed by atoms with E-state index in [1.54, 1.807) is 5.38 Å². The molecular weight excluding hydrogens is 242 g/mol. The Morgan fingerprint density at radius 1 is 1.47 bits per heavy atom. The highest BCUT2D eigenvalue weighted by Crippen LogP contribution is 2.15. The molecule has 0 aliphatic heterocycles. The number of anilines is 1. The second-order valence-electron chi connectivity index (χ2n) is 4.54. The predicted molar refractivity (Wildman–Crippen MR) is 65.4 cm³/mol. The molecular formula is C10H15N3O3S. The Morgan fingerprint density at radius 3 is 2.65 bits per heavy atom. The van der Waals surface area contributed by atoms with Crippen LogP contribution >= 0.6 is 11.3 Å². The standard InChI is InChI=1S/C10H15N3O3S/c1-10(2,3)13-8(16)12-9-11-6(5-17-9)4-7(14)15/h5H,4H2,1-3H3,(H,14,15)(H2,11,12,13,16). The summed E-state index contributed by atoms with van der Waals surface area (Å²) in [5, 5.41) is 15.9. The van der Waals surface area contributed by atoms with E-state index in [4.69, 9.17) is 5.11 Å². The lowest BCUT2D eigenvalue weighted by Crippen LogP contribution is -2.43. The number of rotatable bonds is 3. The van der Waals surface area contributed by atoms with Crippen molar-refractivity contribution < 1.29 is 14.7 Å². The molecule has 17 heavy (non-hydrogen) atoms. The van der Waals surface area contributed by atoms with E-state index in [1.165, 1.54) is 11.3 Å². The first kappa shape index (κ1) is 13.4. The number of urea groups is 1. The van der Waals surface area contributed by atoms with Crippen molar-refractivity contribution in [1.29, 1.82) is 0 Å². The molecule has 0 fully saturated rings. The summed E-state index contributed by atoms with van der Waals surface area (Å²) in [6, 6.07) is -0.353. The number of thiazole rings is 1. The molecule has 3 N–H and O–H groups in total. The maximum Gasteiger partial charge on any atom is 0.321 e. The summed E-state index contributed by atoms with van der Waals surface area (Å²) in [6.45, 7) is 5.60. The van der Waals surface area contributed by atoms with Crippen molar-refractivity contribution in [2.75, 3.05) is 5.32 Å². The summed E-state index contributed by atoms with van der Waals surface area (Å²) in [4.78, 5) is 25.9. The lowest BCUT2D eigenvalue weighted by molar-refractivity contribution is -0.136. The smallest absolute Gasteiger partial charge is 0.321 e. The minimum absolute atomic E-state index is 0.140. The van der Waals surface area contributed by atoms with Gasteiger partial charge in [-0.25, -0.2) is 9.78 Å². The van der Waals surface area contributed by atoms with Crippen LogP contribution in [0.1, 0.15) is 26.5 Å². The average Bonchev–Trinajstić information content (AvgIpc) is 2.46. The average molecular weight is 257 g/mol. The number of amides is 2. The fourth-order valence-corrected chi connectivity index (χ4v) is 1.77. The van der Waals surface area contributed by atoms with E-state index in [2.05, 4.69) is 15.6 Å². The van der Waals surface area contributed by atoms with Crippen molar-refractivity contribution >= 4 is 28.5 Å². The van der Waals surface area contributed by atoms with Gasteiger partial charge in [0.05, 0.1) is 12.1 Å². The Labute approximate surface area is 103 Å². The van der Waals surface area contributed by atoms with Gasteiger partial charge in [0, 0.05) is 10.9 Å². The van der Waals surface area contributed by atoms with Gasteiger partial charge >= 0.3 is 12.0 Å². The summed E-state index contributed by atoms with van der Waals surface area (Å²) in [5.41, 5.74) is 0.110. The number of hydrogen-bond acceptors (Lipinski definition) is 4. The van der Waals surface area contributed by atoms with Gasteiger partial charge < -0.3 is 10.4 Å². The molecule has 94 valence electrons. The number of carbonyl (C=O) groups excluding carboxylic acids is 1. The van der Waals surface area contributed by atoms with E-state index in [1.807, 2.05) is 20.8 Å². The molecule has 1 heterocycles. The minimum Gasteiger partial charge on any atom is -0.481 e. The summed E-state index contributed by atoms with van der Waals surface area (Å²) < 4.78 is 0. The van der Waals surface area contributed by atoms with Gasteiger partial charge in [-0.3, -0.25) is 10.1 Å². The molecule has 1 rings (SSSR count). The van der Waals surface area contributed by atoms with Crippen molar-refractivity contribution in [2.45, 2.75) is 32.7 Å². The number of aromatic nitrogens is 1. The number of carboxylic acid groups (broad SMARTS) is 1. The molecule has 0 unspecified atom stereocenters. The van der Waals surface area contributed by atoms with Crippen LogP contribution in [-0.2, 0) is 11.2 Å². The first-order chi connectivity index (χ1) is 7.76. The molecule has 0 aliphatic rings.